The standard InChI is InChI=1S/C17H22N2O4S3.C2HF3O2/c1-25(20,21)19-11-14(13-5-3-2-4-6-13)9-15(19)12-26(22,23)17-8-7-16(10-18)24-17;3-2(4,5)1(6)7/h2-8,14-15H,9-12,18H2,1H3;(H,6,7). The van der Waals surface area contributed by atoms with Crippen LogP contribution >= 0.6 is 11.3 Å². The molecule has 1 saturated heterocycles. The summed E-state index contributed by atoms with van der Waals surface area (Å²) in [6.07, 6.45) is -3.46. The van der Waals surface area contributed by atoms with Gasteiger partial charge >= 0.3 is 12.1 Å². The lowest BCUT2D eigenvalue weighted by Gasteiger charge is -2.21. The van der Waals surface area contributed by atoms with Crippen molar-refractivity contribution in [3.05, 3.63) is 52.9 Å². The van der Waals surface area contributed by atoms with Crippen molar-refractivity contribution in [3.8, 4) is 0 Å². The second kappa shape index (κ2) is 10.5. The molecular weight excluding hydrogens is 505 g/mol. The average Bonchev–Trinajstić information content (AvgIpc) is 3.35. The fourth-order valence-corrected chi connectivity index (χ4v) is 7.54. The van der Waals surface area contributed by atoms with Crippen LogP contribution in [0.4, 0.5) is 13.2 Å². The number of aliphatic carboxylic acids is 1. The predicted octanol–water partition coefficient (Wildman–Crippen LogP) is 2.43. The maximum absolute atomic E-state index is 12.8. The molecule has 184 valence electrons. The highest BCUT2D eigenvalue weighted by molar-refractivity contribution is 7.93. The van der Waals surface area contributed by atoms with E-state index in [0.29, 0.717) is 13.0 Å². The number of nitrogens with zero attached hydrogens (tertiary/aromatic N) is 1. The number of carbonyl (C=O) groups is 1. The number of rotatable bonds is 6. The summed E-state index contributed by atoms with van der Waals surface area (Å²) in [6, 6.07) is 12.3. The van der Waals surface area contributed by atoms with Crippen LogP contribution in [-0.4, -0.2) is 63.0 Å². The Hall–Kier alpha value is -2.00. The number of sulfone groups is 1. The summed E-state index contributed by atoms with van der Waals surface area (Å²) in [5.74, 6) is -2.98. The molecule has 2 heterocycles. The Morgan fingerprint density at radius 2 is 1.73 bits per heavy atom. The molecule has 0 bridgehead atoms. The van der Waals surface area contributed by atoms with E-state index < -0.39 is 38.0 Å². The fourth-order valence-electron chi connectivity index (χ4n) is 3.38. The van der Waals surface area contributed by atoms with Crippen LogP contribution in [0.5, 0.6) is 0 Å². The SMILES string of the molecule is CS(=O)(=O)N1CC(c2ccccc2)CC1CS(=O)(=O)c1ccc(CN)s1.O=C(O)C(F)(F)F. The molecular formula is C19H23F3N2O6S3. The first-order chi connectivity index (χ1) is 15.1. The first kappa shape index (κ1) is 27.2. The average molecular weight is 529 g/mol. The summed E-state index contributed by atoms with van der Waals surface area (Å²) >= 11 is 1.15. The molecule has 0 amide bonds. The van der Waals surface area contributed by atoms with Crippen LogP contribution in [0.2, 0.25) is 0 Å². The van der Waals surface area contributed by atoms with Crippen molar-refractivity contribution in [3.63, 3.8) is 0 Å². The van der Waals surface area contributed by atoms with Gasteiger partial charge in [-0.05, 0) is 30.0 Å². The van der Waals surface area contributed by atoms with Gasteiger partial charge in [-0.25, -0.2) is 21.6 Å². The van der Waals surface area contributed by atoms with Gasteiger partial charge in [0.25, 0.3) is 0 Å². The Morgan fingerprint density at radius 3 is 2.18 bits per heavy atom. The van der Waals surface area contributed by atoms with E-state index in [4.69, 9.17) is 15.6 Å². The molecule has 1 fully saturated rings. The number of halogens is 3. The topological polar surface area (TPSA) is 135 Å². The van der Waals surface area contributed by atoms with E-state index in [1.807, 2.05) is 30.3 Å². The molecule has 1 aromatic heterocycles. The van der Waals surface area contributed by atoms with Gasteiger partial charge in [0.15, 0.2) is 9.84 Å². The Bertz CT molecular complexity index is 1160. The maximum atomic E-state index is 12.8. The Morgan fingerprint density at radius 1 is 1.15 bits per heavy atom. The van der Waals surface area contributed by atoms with Crippen molar-refractivity contribution < 1.29 is 39.9 Å². The lowest BCUT2D eigenvalue weighted by Crippen LogP contribution is -2.38. The Labute approximate surface area is 193 Å². The van der Waals surface area contributed by atoms with E-state index in [0.717, 1.165) is 28.0 Å². The normalized spacial score (nSPS) is 19.7. The predicted molar refractivity (Wildman–Crippen MR) is 117 cm³/mol. The number of carboxylic acid groups (broad SMARTS) is 1. The van der Waals surface area contributed by atoms with Crippen LogP contribution in [-0.2, 0) is 31.2 Å². The molecule has 33 heavy (non-hydrogen) atoms. The first-order valence-electron chi connectivity index (χ1n) is 9.48. The van der Waals surface area contributed by atoms with Gasteiger partial charge in [-0.1, -0.05) is 30.3 Å². The monoisotopic (exact) mass is 528 g/mol. The van der Waals surface area contributed by atoms with E-state index in [1.165, 1.54) is 4.31 Å². The van der Waals surface area contributed by atoms with Crippen LogP contribution in [0.1, 0.15) is 22.8 Å². The first-order valence-corrected chi connectivity index (χ1v) is 13.8. The fraction of sp³-hybridized carbons (Fsp3) is 0.421. The number of thiophene rings is 1. The van der Waals surface area contributed by atoms with Gasteiger partial charge in [-0.15, -0.1) is 11.3 Å². The summed E-state index contributed by atoms with van der Waals surface area (Å²) in [5, 5.41) is 7.12. The number of benzene rings is 1. The number of nitrogens with two attached hydrogens (primary N) is 1. The quantitative estimate of drug-likeness (QED) is 0.588. The smallest absolute Gasteiger partial charge is 0.475 e. The van der Waals surface area contributed by atoms with E-state index in [9.17, 15) is 30.0 Å². The van der Waals surface area contributed by atoms with E-state index in [2.05, 4.69) is 0 Å². The summed E-state index contributed by atoms with van der Waals surface area (Å²) < 4.78 is 83.3. The minimum Gasteiger partial charge on any atom is -0.475 e. The zero-order valence-electron chi connectivity index (χ0n) is 17.4. The lowest BCUT2D eigenvalue weighted by molar-refractivity contribution is -0.192. The molecule has 0 spiro atoms. The van der Waals surface area contributed by atoms with Gasteiger partial charge in [0.05, 0.1) is 12.0 Å². The number of hydrogen-bond acceptors (Lipinski definition) is 7. The van der Waals surface area contributed by atoms with Gasteiger partial charge in [0.2, 0.25) is 10.0 Å². The minimum atomic E-state index is -5.08. The van der Waals surface area contributed by atoms with Crippen molar-refractivity contribution in [1.29, 1.82) is 0 Å². The number of sulfonamides is 1. The van der Waals surface area contributed by atoms with Crippen molar-refractivity contribution in [2.45, 2.75) is 35.3 Å². The van der Waals surface area contributed by atoms with Crippen LogP contribution < -0.4 is 5.73 Å². The third-order valence-corrected chi connectivity index (χ3v) is 9.65. The lowest BCUT2D eigenvalue weighted by atomic mass is 9.97. The zero-order valence-corrected chi connectivity index (χ0v) is 19.8. The summed E-state index contributed by atoms with van der Waals surface area (Å²) in [4.78, 5) is 9.68. The molecule has 0 saturated carbocycles. The molecule has 2 unspecified atom stereocenters. The summed E-state index contributed by atoms with van der Waals surface area (Å²) in [7, 11) is -7.07. The zero-order chi connectivity index (χ0) is 25.0. The Balaban J connectivity index is 0.000000479. The third-order valence-electron chi connectivity index (χ3n) is 4.86. The summed E-state index contributed by atoms with van der Waals surface area (Å²) in [6.45, 7) is 0.594. The summed E-state index contributed by atoms with van der Waals surface area (Å²) in [5.41, 5.74) is 6.59. The molecule has 3 N–H and O–H groups in total. The van der Waals surface area contributed by atoms with Gasteiger partial charge in [-0.2, -0.15) is 17.5 Å². The molecule has 2 atom stereocenters. The van der Waals surface area contributed by atoms with Gasteiger partial charge in [0, 0.05) is 24.0 Å². The van der Waals surface area contributed by atoms with Crippen LogP contribution in [0.25, 0.3) is 0 Å². The van der Waals surface area contributed by atoms with Crippen LogP contribution in [0.3, 0.4) is 0 Å². The molecule has 1 aromatic carbocycles. The molecule has 0 radical (unpaired) electrons. The highest BCUT2D eigenvalue weighted by atomic mass is 32.2. The Kier molecular flexibility index (Phi) is 8.68. The molecule has 8 nitrogen and oxygen atoms in total. The van der Waals surface area contributed by atoms with Crippen LogP contribution in [0, 0.1) is 0 Å². The van der Waals surface area contributed by atoms with Crippen molar-refractivity contribution in [2.24, 2.45) is 5.73 Å². The molecule has 3 rings (SSSR count). The number of hydrogen-bond donors (Lipinski definition) is 2. The van der Waals surface area contributed by atoms with Crippen molar-refractivity contribution >= 4 is 37.2 Å². The molecule has 1 aliphatic rings. The highest BCUT2D eigenvalue weighted by Crippen LogP contribution is 2.35. The van der Waals surface area contributed by atoms with Gasteiger partial charge in [0.1, 0.15) is 4.21 Å². The van der Waals surface area contributed by atoms with Crippen LogP contribution in [0.15, 0.2) is 46.7 Å². The number of alkyl halides is 3. The van der Waals surface area contributed by atoms with Gasteiger partial charge in [-0.3, -0.25) is 0 Å². The van der Waals surface area contributed by atoms with E-state index in [-0.39, 0.29) is 22.4 Å². The minimum absolute atomic E-state index is 0.00550. The van der Waals surface area contributed by atoms with Crippen molar-refractivity contribution in [2.75, 3.05) is 18.6 Å². The largest absolute Gasteiger partial charge is 0.490 e. The van der Waals surface area contributed by atoms with E-state index >= 15 is 0 Å². The third kappa shape index (κ3) is 7.50. The second-order valence-corrected chi connectivity index (χ2v) is 12.7. The van der Waals surface area contributed by atoms with Gasteiger partial charge < -0.3 is 10.8 Å². The van der Waals surface area contributed by atoms with E-state index in [1.54, 1.807) is 12.1 Å². The molecule has 1 aliphatic heterocycles. The van der Waals surface area contributed by atoms with Crippen molar-refractivity contribution in [1.82, 2.24) is 4.31 Å². The molecule has 2 aromatic rings. The maximum Gasteiger partial charge on any atom is 0.490 e. The second-order valence-electron chi connectivity index (χ2n) is 7.34. The highest BCUT2D eigenvalue weighted by Gasteiger charge is 2.41. The molecule has 0 aliphatic carbocycles. The molecule has 14 heteroatoms. The number of carboxylic acids is 1.